The predicted octanol–water partition coefficient (Wildman–Crippen LogP) is 2.57. The molecule has 0 spiro atoms. The maximum Gasteiger partial charge on any atom is 0.178 e. The molecule has 1 rings (SSSR count). The van der Waals surface area contributed by atoms with Crippen LogP contribution >= 0.6 is 0 Å². The van der Waals surface area contributed by atoms with Gasteiger partial charge in [-0.25, -0.2) is 4.57 Å². The van der Waals surface area contributed by atoms with Crippen LogP contribution in [0.25, 0.3) is 0 Å². The van der Waals surface area contributed by atoms with E-state index in [1.807, 2.05) is 0 Å². The lowest BCUT2D eigenvalue weighted by molar-refractivity contribution is -0.709. The highest BCUT2D eigenvalue weighted by atomic mass is 15.0. The van der Waals surface area contributed by atoms with Crippen LogP contribution in [0.4, 0.5) is 0 Å². The van der Waals surface area contributed by atoms with Crippen molar-refractivity contribution in [1.29, 1.82) is 0 Å². The fourth-order valence-corrected chi connectivity index (χ4v) is 1.29. The molecule has 1 unspecified atom stereocenters. The summed E-state index contributed by atoms with van der Waals surface area (Å²) in [5.74, 6) is 1.50. The molecule has 13 heavy (non-hydrogen) atoms. The van der Waals surface area contributed by atoms with E-state index < -0.39 is 0 Å². The fraction of sp³-hybridized carbons (Fsp3) is 0.583. The van der Waals surface area contributed by atoms with Gasteiger partial charge in [0.15, 0.2) is 18.4 Å². The summed E-state index contributed by atoms with van der Waals surface area (Å²) in [4.78, 5) is 0. The Balaban J connectivity index is 2.69. The van der Waals surface area contributed by atoms with Crippen molar-refractivity contribution in [2.75, 3.05) is 0 Å². The molecule has 1 heteroatoms. The first-order valence-corrected chi connectivity index (χ1v) is 5.06. The highest BCUT2D eigenvalue weighted by Gasteiger charge is 2.13. The highest BCUT2D eigenvalue weighted by Crippen LogP contribution is 2.09. The topological polar surface area (TPSA) is 3.88 Å². The lowest BCUT2D eigenvalue weighted by Gasteiger charge is -2.12. The summed E-state index contributed by atoms with van der Waals surface area (Å²) < 4.78 is 2.32. The third-order valence-corrected chi connectivity index (χ3v) is 2.79. The van der Waals surface area contributed by atoms with Crippen LogP contribution in [0.5, 0.6) is 0 Å². The van der Waals surface area contributed by atoms with Gasteiger partial charge in [-0.3, -0.25) is 0 Å². The summed E-state index contributed by atoms with van der Waals surface area (Å²) in [5.41, 5.74) is 1.34. The Hall–Kier alpha value is -0.850. The van der Waals surface area contributed by atoms with E-state index in [0.29, 0.717) is 0 Å². The van der Waals surface area contributed by atoms with Gasteiger partial charge in [0.05, 0.1) is 0 Å². The number of aromatic nitrogens is 1. The third-order valence-electron chi connectivity index (χ3n) is 2.79. The van der Waals surface area contributed by atoms with Gasteiger partial charge < -0.3 is 0 Å². The van der Waals surface area contributed by atoms with E-state index in [1.54, 1.807) is 0 Å². The van der Waals surface area contributed by atoms with Crippen LogP contribution < -0.4 is 4.57 Å². The zero-order valence-electron chi connectivity index (χ0n) is 9.12. The van der Waals surface area contributed by atoms with Crippen LogP contribution in [0.15, 0.2) is 24.4 Å². The van der Waals surface area contributed by atoms with Crippen molar-refractivity contribution in [3.63, 3.8) is 0 Å². The van der Waals surface area contributed by atoms with Gasteiger partial charge in [-0.2, -0.15) is 0 Å². The first kappa shape index (κ1) is 10.2. The van der Waals surface area contributed by atoms with Crippen molar-refractivity contribution in [3.05, 3.63) is 30.1 Å². The molecular weight excluding hydrogens is 158 g/mol. The van der Waals surface area contributed by atoms with E-state index in [9.17, 15) is 0 Å². The lowest BCUT2D eigenvalue weighted by Crippen LogP contribution is -2.40. The fourth-order valence-electron chi connectivity index (χ4n) is 1.29. The van der Waals surface area contributed by atoms with Crippen molar-refractivity contribution < 1.29 is 4.57 Å². The first-order chi connectivity index (χ1) is 6.11. The molecule has 0 fully saturated rings. The second kappa shape index (κ2) is 4.40. The molecule has 1 aromatic heterocycles. The zero-order chi connectivity index (χ0) is 9.84. The van der Waals surface area contributed by atoms with Crippen molar-refractivity contribution >= 4 is 0 Å². The molecule has 1 atom stereocenters. The summed E-state index contributed by atoms with van der Waals surface area (Å²) in [6.07, 6.45) is 2.16. The average molecular weight is 178 g/mol. The van der Waals surface area contributed by atoms with Crippen LogP contribution in [-0.4, -0.2) is 0 Å². The normalized spacial score (nSPS) is 13.3. The molecule has 0 N–H and O–H groups in total. The quantitative estimate of drug-likeness (QED) is 0.626. The SMILES string of the molecule is Cc1cccc[n+]1CC(C)C(C)C. The zero-order valence-corrected chi connectivity index (χ0v) is 9.12. The third kappa shape index (κ3) is 2.83. The van der Waals surface area contributed by atoms with E-state index in [2.05, 4.69) is 56.7 Å². The monoisotopic (exact) mass is 178 g/mol. The molecule has 72 valence electrons. The van der Waals surface area contributed by atoms with Crippen LogP contribution in [0, 0.1) is 18.8 Å². The molecule has 0 saturated heterocycles. The second-order valence-electron chi connectivity index (χ2n) is 4.22. The molecule has 0 bridgehead atoms. The molecule has 0 amide bonds. The summed E-state index contributed by atoms with van der Waals surface area (Å²) >= 11 is 0. The highest BCUT2D eigenvalue weighted by molar-refractivity contribution is 4.94. The van der Waals surface area contributed by atoms with E-state index in [1.165, 1.54) is 5.69 Å². The summed E-state index contributed by atoms with van der Waals surface area (Å²) in [6.45, 7) is 10.2. The van der Waals surface area contributed by atoms with Gasteiger partial charge in [-0.15, -0.1) is 0 Å². The van der Waals surface area contributed by atoms with E-state index in [0.717, 1.165) is 18.4 Å². The Kier molecular flexibility index (Phi) is 3.47. The number of rotatable bonds is 3. The molecule has 0 aromatic carbocycles. The lowest BCUT2D eigenvalue weighted by atomic mass is 9.98. The van der Waals surface area contributed by atoms with Crippen LogP contribution in [0.2, 0.25) is 0 Å². The Bertz CT molecular complexity index is 266. The second-order valence-corrected chi connectivity index (χ2v) is 4.22. The Morgan fingerprint density at radius 1 is 1.23 bits per heavy atom. The van der Waals surface area contributed by atoms with Crippen molar-refractivity contribution in [3.8, 4) is 0 Å². The molecule has 1 aromatic rings. The predicted molar refractivity (Wildman–Crippen MR) is 55.4 cm³/mol. The number of pyridine rings is 1. The minimum absolute atomic E-state index is 0.742. The maximum atomic E-state index is 2.32. The molecule has 0 saturated carbocycles. The largest absolute Gasteiger partial charge is 0.202 e. The van der Waals surface area contributed by atoms with Crippen molar-refractivity contribution in [1.82, 2.24) is 0 Å². The Labute approximate surface area is 81.4 Å². The van der Waals surface area contributed by atoms with Gasteiger partial charge in [0, 0.05) is 25.0 Å². The number of hydrogen-bond donors (Lipinski definition) is 0. The molecule has 0 aliphatic heterocycles. The van der Waals surface area contributed by atoms with E-state index in [-0.39, 0.29) is 0 Å². The number of aryl methyl sites for hydroxylation is 1. The van der Waals surface area contributed by atoms with E-state index >= 15 is 0 Å². The maximum absolute atomic E-state index is 2.32. The van der Waals surface area contributed by atoms with Crippen molar-refractivity contribution in [2.24, 2.45) is 11.8 Å². The van der Waals surface area contributed by atoms with Gasteiger partial charge in [0.1, 0.15) is 0 Å². The van der Waals surface area contributed by atoms with Gasteiger partial charge in [0.25, 0.3) is 0 Å². The molecule has 0 aliphatic rings. The van der Waals surface area contributed by atoms with Gasteiger partial charge in [0.2, 0.25) is 0 Å². The van der Waals surface area contributed by atoms with E-state index in [4.69, 9.17) is 0 Å². The van der Waals surface area contributed by atoms with Gasteiger partial charge in [-0.05, 0) is 5.92 Å². The standard InChI is InChI=1S/C12H20N/c1-10(2)11(3)9-13-8-6-5-7-12(13)4/h5-8,10-11H,9H2,1-4H3/q+1. The minimum Gasteiger partial charge on any atom is -0.202 e. The van der Waals surface area contributed by atoms with Crippen LogP contribution in [-0.2, 0) is 6.54 Å². The van der Waals surface area contributed by atoms with Gasteiger partial charge >= 0.3 is 0 Å². The van der Waals surface area contributed by atoms with Gasteiger partial charge in [-0.1, -0.05) is 26.8 Å². The molecule has 1 heterocycles. The number of hydrogen-bond acceptors (Lipinski definition) is 0. The molecule has 0 aliphatic carbocycles. The van der Waals surface area contributed by atoms with Crippen molar-refractivity contribution in [2.45, 2.75) is 34.2 Å². The Morgan fingerprint density at radius 2 is 1.92 bits per heavy atom. The van der Waals surface area contributed by atoms with Crippen LogP contribution in [0.3, 0.4) is 0 Å². The first-order valence-electron chi connectivity index (χ1n) is 5.06. The summed E-state index contributed by atoms with van der Waals surface area (Å²) in [7, 11) is 0. The number of nitrogens with zero attached hydrogens (tertiary/aromatic N) is 1. The van der Waals surface area contributed by atoms with Crippen LogP contribution in [0.1, 0.15) is 26.5 Å². The molecule has 0 radical (unpaired) electrons. The summed E-state index contributed by atoms with van der Waals surface area (Å²) in [5, 5.41) is 0. The Morgan fingerprint density at radius 3 is 2.46 bits per heavy atom. The molecular formula is C12H20N+. The molecule has 1 nitrogen and oxygen atoms in total. The summed E-state index contributed by atoms with van der Waals surface area (Å²) in [6, 6.07) is 6.35. The minimum atomic E-state index is 0.742. The average Bonchev–Trinajstić information content (AvgIpc) is 2.08. The smallest absolute Gasteiger partial charge is 0.178 e.